The molecule has 0 aromatic heterocycles. The van der Waals surface area contributed by atoms with Gasteiger partial charge < -0.3 is 0 Å². The molecule has 2 saturated carbocycles. The Morgan fingerprint density at radius 3 is 2.26 bits per heavy atom. The number of hydrogen-bond donors (Lipinski definition) is 0. The Balaban J connectivity index is 1.70. The standard InChI is InChI=1S/C17H30F2/c1-2-3-4-5-13-6-8-14(9-7-13)16-11-10-15(18)12-17(16)19/h13-17H,2-12H2,1H3. The van der Waals surface area contributed by atoms with Gasteiger partial charge in [-0.05, 0) is 43.4 Å². The van der Waals surface area contributed by atoms with Crippen molar-refractivity contribution in [3.8, 4) is 0 Å². The zero-order chi connectivity index (χ0) is 13.7. The zero-order valence-corrected chi connectivity index (χ0v) is 12.4. The van der Waals surface area contributed by atoms with E-state index in [4.69, 9.17) is 0 Å². The first-order valence-corrected chi connectivity index (χ1v) is 8.48. The second kappa shape index (κ2) is 7.59. The lowest BCUT2D eigenvalue weighted by Crippen LogP contribution is -2.34. The fraction of sp³-hybridized carbons (Fsp3) is 1.00. The van der Waals surface area contributed by atoms with Crippen LogP contribution in [0.2, 0.25) is 0 Å². The molecule has 2 aliphatic rings. The molecule has 0 aromatic rings. The highest BCUT2D eigenvalue weighted by molar-refractivity contribution is 4.87. The second-order valence-electron chi connectivity index (χ2n) is 6.87. The second-order valence-corrected chi connectivity index (χ2v) is 6.87. The molecular weight excluding hydrogens is 242 g/mol. The van der Waals surface area contributed by atoms with E-state index in [1.165, 1.54) is 51.4 Å². The van der Waals surface area contributed by atoms with E-state index < -0.39 is 12.3 Å². The lowest BCUT2D eigenvalue weighted by atomic mass is 9.69. The van der Waals surface area contributed by atoms with Crippen LogP contribution >= 0.6 is 0 Å². The average Bonchev–Trinajstić information content (AvgIpc) is 2.40. The molecule has 0 spiro atoms. The fourth-order valence-corrected chi connectivity index (χ4v) is 4.21. The molecule has 0 aliphatic heterocycles. The van der Waals surface area contributed by atoms with Crippen LogP contribution in [0.3, 0.4) is 0 Å². The summed E-state index contributed by atoms with van der Waals surface area (Å²) < 4.78 is 27.2. The molecule has 0 N–H and O–H groups in total. The molecule has 2 heteroatoms. The van der Waals surface area contributed by atoms with Crippen molar-refractivity contribution in [1.82, 2.24) is 0 Å². The van der Waals surface area contributed by atoms with Crippen molar-refractivity contribution in [3.05, 3.63) is 0 Å². The lowest BCUT2D eigenvalue weighted by Gasteiger charge is -2.38. The van der Waals surface area contributed by atoms with Crippen LogP contribution in [-0.4, -0.2) is 12.3 Å². The van der Waals surface area contributed by atoms with Gasteiger partial charge in [-0.2, -0.15) is 0 Å². The summed E-state index contributed by atoms with van der Waals surface area (Å²) in [5.74, 6) is 1.60. The van der Waals surface area contributed by atoms with Gasteiger partial charge in [0, 0.05) is 6.42 Å². The summed E-state index contributed by atoms with van der Waals surface area (Å²) >= 11 is 0. The van der Waals surface area contributed by atoms with Crippen molar-refractivity contribution in [2.45, 2.75) is 89.9 Å². The van der Waals surface area contributed by atoms with Gasteiger partial charge in [0.05, 0.1) is 0 Å². The molecule has 0 aromatic carbocycles. The fourth-order valence-electron chi connectivity index (χ4n) is 4.21. The highest BCUT2D eigenvalue weighted by atomic mass is 19.1. The molecule has 0 nitrogen and oxygen atoms in total. The summed E-state index contributed by atoms with van der Waals surface area (Å²) in [6.07, 6.45) is 10.2. The molecule has 0 heterocycles. The van der Waals surface area contributed by atoms with Crippen LogP contribution in [0, 0.1) is 17.8 Å². The van der Waals surface area contributed by atoms with E-state index in [9.17, 15) is 8.78 Å². The minimum absolute atomic E-state index is 0.168. The minimum Gasteiger partial charge on any atom is -0.247 e. The zero-order valence-electron chi connectivity index (χ0n) is 12.4. The lowest BCUT2D eigenvalue weighted by molar-refractivity contribution is 0.0462. The van der Waals surface area contributed by atoms with Crippen molar-refractivity contribution >= 4 is 0 Å². The van der Waals surface area contributed by atoms with Gasteiger partial charge in [0.2, 0.25) is 0 Å². The first-order valence-electron chi connectivity index (χ1n) is 8.48. The third-order valence-corrected chi connectivity index (χ3v) is 5.47. The average molecular weight is 272 g/mol. The number of rotatable bonds is 5. The van der Waals surface area contributed by atoms with E-state index in [0.717, 1.165) is 12.3 Å². The normalized spacial score (nSPS) is 40.3. The summed E-state index contributed by atoms with van der Waals surface area (Å²) in [4.78, 5) is 0. The quantitative estimate of drug-likeness (QED) is 0.551. The Kier molecular flexibility index (Phi) is 6.09. The summed E-state index contributed by atoms with van der Waals surface area (Å²) in [5.41, 5.74) is 0. The van der Waals surface area contributed by atoms with Crippen LogP contribution in [0.1, 0.15) is 77.6 Å². The van der Waals surface area contributed by atoms with Crippen molar-refractivity contribution in [2.75, 3.05) is 0 Å². The predicted molar refractivity (Wildman–Crippen MR) is 76.7 cm³/mol. The summed E-state index contributed by atoms with van der Waals surface area (Å²) in [6.45, 7) is 2.25. The molecule has 0 amide bonds. The highest BCUT2D eigenvalue weighted by Gasteiger charge is 2.37. The van der Waals surface area contributed by atoms with Gasteiger partial charge in [-0.15, -0.1) is 0 Å². The van der Waals surface area contributed by atoms with Gasteiger partial charge in [-0.25, -0.2) is 8.78 Å². The molecule has 2 rings (SSSR count). The summed E-state index contributed by atoms with van der Waals surface area (Å²) in [7, 11) is 0. The van der Waals surface area contributed by atoms with Crippen LogP contribution in [-0.2, 0) is 0 Å². The number of alkyl halides is 2. The van der Waals surface area contributed by atoms with E-state index >= 15 is 0 Å². The van der Waals surface area contributed by atoms with E-state index in [1.807, 2.05) is 0 Å². The summed E-state index contributed by atoms with van der Waals surface area (Å²) in [5, 5.41) is 0. The minimum atomic E-state index is -0.878. The molecule has 3 unspecified atom stereocenters. The Morgan fingerprint density at radius 1 is 0.895 bits per heavy atom. The monoisotopic (exact) mass is 272 g/mol. The molecule has 2 aliphatic carbocycles. The third kappa shape index (κ3) is 4.43. The van der Waals surface area contributed by atoms with Crippen molar-refractivity contribution < 1.29 is 8.78 Å². The summed E-state index contributed by atoms with van der Waals surface area (Å²) in [6, 6.07) is 0. The molecule has 112 valence electrons. The predicted octanol–water partition coefficient (Wildman–Crippen LogP) is 5.85. The van der Waals surface area contributed by atoms with E-state index in [1.54, 1.807) is 0 Å². The SMILES string of the molecule is CCCCCC1CCC(C2CCC(F)CC2F)CC1. The van der Waals surface area contributed by atoms with Gasteiger partial charge in [0.15, 0.2) is 0 Å². The van der Waals surface area contributed by atoms with Gasteiger partial charge in [-0.1, -0.05) is 45.4 Å². The Hall–Kier alpha value is -0.140. The van der Waals surface area contributed by atoms with E-state index in [2.05, 4.69) is 6.92 Å². The number of hydrogen-bond acceptors (Lipinski definition) is 0. The van der Waals surface area contributed by atoms with Crippen LogP contribution in [0.15, 0.2) is 0 Å². The Morgan fingerprint density at radius 2 is 1.63 bits per heavy atom. The maximum absolute atomic E-state index is 14.0. The Labute approximate surface area is 117 Å². The van der Waals surface area contributed by atoms with Crippen molar-refractivity contribution in [3.63, 3.8) is 0 Å². The molecule has 2 fully saturated rings. The van der Waals surface area contributed by atoms with Crippen LogP contribution in [0.4, 0.5) is 8.78 Å². The maximum atomic E-state index is 14.0. The largest absolute Gasteiger partial charge is 0.247 e. The molecule has 0 radical (unpaired) electrons. The van der Waals surface area contributed by atoms with E-state index in [-0.39, 0.29) is 12.3 Å². The molecule has 0 bridgehead atoms. The first-order chi connectivity index (χ1) is 9.20. The van der Waals surface area contributed by atoms with Crippen LogP contribution in [0.5, 0.6) is 0 Å². The van der Waals surface area contributed by atoms with Crippen LogP contribution in [0.25, 0.3) is 0 Å². The Bertz CT molecular complexity index is 246. The third-order valence-electron chi connectivity index (χ3n) is 5.47. The van der Waals surface area contributed by atoms with Gasteiger partial charge in [-0.3, -0.25) is 0 Å². The highest BCUT2D eigenvalue weighted by Crippen LogP contribution is 2.42. The van der Waals surface area contributed by atoms with E-state index in [0.29, 0.717) is 12.3 Å². The smallest absolute Gasteiger partial charge is 0.106 e. The number of unbranched alkanes of at least 4 members (excludes halogenated alkanes) is 2. The van der Waals surface area contributed by atoms with Gasteiger partial charge in [0.1, 0.15) is 12.3 Å². The first kappa shape index (κ1) is 15.3. The van der Waals surface area contributed by atoms with Crippen molar-refractivity contribution in [2.24, 2.45) is 17.8 Å². The molecule has 19 heavy (non-hydrogen) atoms. The van der Waals surface area contributed by atoms with Gasteiger partial charge >= 0.3 is 0 Å². The number of halogens is 2. The molecular formula is C17H30F2. The maximum Gasteiger partial charge on any atom is 0.106 e. The van der Waals surface area contributed by atoms with Crippen molar-refractivity contribution in [1.29, 1.82) is 0 Å². The van der Waals surface area contributed by atoms with Gasteiger partial charge in [0.25, 0.3) is 0 Å². The molecule has 0 saturated heterocycles. The topological polar surface area (TPSA) is 0 Å². The van der Waals surface area contributed by atoms with Crippen LogP contribution < -0.4 is 0 Å². The molecule has 3 atom stereocenters.